The van der Waals surface area contributed by atoms with Crippen molar-refractivity contribution in [3.8, 4) is 0 Å². The van der Waals surface area contributed by atoms with Gasteiger partial charge in [-0.3, -0.25) is 0 Å². The van der Waals surface area contributed by atoms with Gasteiger partial charge in [0.15, 0.2) is 11.5 Å². The van der Waals surface area contributed by atoms with Crippen LogP contribution in [0.4, 0.5) is 4.39 Å². The minimum absolute atomic E-state index is 0.141. The third kappa shape index (κ3) is 2.65. The van der Waals surface area contributed by atoms with Gasteiger partial charge in [-0.05, 0) is 19.4 Å². The number of rotatable bonds is 4. The fourth-order valence-electron chi connectivity index (χ4n) is 1.90. The summed E-state index contributed by atoms with van der Waals surface area (Å²) in [5.74, 6) is -1.36. The van der Waals surface area contributed by atoms with Gasteiger partial charge >= 0.3 is 5.97 Å². The van der Waals surface area contributed by atoms with Crippen molar-refractivity contribution in [3.05, 3.63) is 53.6 Å². The van der Waals surface area contributed by atoms with E-state index in [1.807, 2.05) is 37.3 Å². The first-order valence-corrected chi connectivity index (χ1v) is 6.10. The average molecular weight is 262 g/mol. The molecule has 100 valence electrons. The van der Waals surface area contributed by atoms with Gasteiger partial charge in [-0.2, -0.15) is 5.10 Å². The lowest BCUT2D eigenvalue weighted by atomic mass is 10.1. The molecule has 1 aromatic heterocycles. The first-order chi connectivity index (χ1) is 9.15. The van der Waals surface area contributed by atoms with Crippen LogP contribution >= 0.6 is 0 Å². The van der Waals surface area contributed by atoms with E-state index in [4.69, 9.17) is 4.74 Å². The number of esters is 1. The smallest absolute Gasteiger partial charge is 0.359 e. The van der Waals surface area contributed by atoms with E-state index in [1.54, 1.807) is 6.92 Å². The summed E-state index contributed by atoms with van der Waals surface area (Å²) in [6.07, 6.45) is 1.03. The van der Waals surface area contributed by atoms with E-state index in [-0.39, 0.29) is 18.3 Å². The molecule has 0 amide bonds. The standard InChI is InChI=1S/C14H15FN2O2/c1-3-19-14(18)13-12(15)9-16-17(13)10(2)11-7-5-4-6-8-11/h4-10H,3H2,1-2H3. The van der Waals surface area contributed by atoms with Crippen molar-refractivity contribution >= 4 is 5.97 Å². The number of carbonyl (C=O) groups is 1. The molecule has 0 bridgehead atoms. The zero-order valence-corrected chi connectivity index (χ0v) is 10.8. The number of ether oxygens (including phenoxy) is 1. The van der Waals surface area contributed by atoms with E-state index in [1.165, 1.54) is 4.68 Å². The summed E-state index contributed by atoms with van der Waals surface area (Å²) in [6, 6.07) is 9.22. The summed E-state index contributed by atoms with van der Waals surface area (Å²) < 4.78 is 19.9. The molecule has 1 unspecified atom stereocenters. The van der Waals surface area contributed by atoms with Crippen molar-refractivity contribution in [3.63, 3.8) is 0 Å². The van der Waals surface area contributed by atoms with E-state index < -0.39 is 11.8 Å². The maximum absolute atomic E-state index is 13.7. The molecule has 0 aliphatic rings. The van der Waals surface area contributed by atoms with Crippen LogP contribution in [-0.4, -0.2) is 22.4 Å². The molecular formula is C14H15FN2O2. The maximum Gasteiger partial charge on any atom is 0.359 e. The Hall–Kier alpha value is -2.17. The summed E-state index contributed by atoms with van der Waals surface area (Å²) in [4.78, 5) is 11.8. The summed E-state index contributed by atoms with van der Waals surface area (Å²) in [5, 5.41) is 3.94. The van der Waals surface area contributed by atoms with E-state index in [2.05, 4.69) is 5.10 Å². The van der Waals surface area contributed by atoms with Gasteiger partial charge in [-0.15, -0.1) is 0 Å². The van der Waals surface area contributed by atoms with Crippen molar-refractivity contribution in [2.24, 2.45) is 0 Å². The molecule has 1 atom stereocenters. The van der Waals surface area contributed by atoms with Crippen LogP contribution in [0.15, 0.2) is 36.5 Å². The lowest BCUT2D eigenvalue weighted by molar-refractivity contribution is 0.0505. The molecule has 2 rings (SSSR count). The Kier molecular flexibility index (Phi) is 3.94. The van der Waals surface area contributed by atoms with Gasteiger partial charge in [0.05, 0.1) is 18.8 Å². The number of aromatic nitrogens is 2. The normalized spacial score (nSPS) is 12.2. The van der Waals surface area contributed by atoms with Crippen LogP contribution in [0.25, 0.3) is 0 Å². The zero-order chi connectivity index (χ0) is 13.8. The van der Waals surface area contributed by atoms with Crippen LogP contribution < -0.4 is 0 Å². The highest BCUT2D eigenvalue weighted by atomic mass is 19.1. The van der Waals surface area contributed by atoms with Crippen molar-refractivity contribution in [1.29, 1.82) is 0 Å². The molecule has 0 fully saturated rings. The quantitative estimate of drug-likeness (QED) is 0.796. The van der Waals surface area contributed by atoms with Gasteiger partial charge in [0, 0.05) is 0 Å². The van der Waals surface area contributed by atoms with Crippen LogP contribution in [0.3, 0.4) is 0 Å². The molecule has 5 heteroatoms. The van der Waals surface area contributed by atoms with Crippen molar-refractivity contribution < 1.29 is 13.9 Å². The highest BCUT2D eigenvalue weighted by Crippen LogP contribution is 2.20. The third-order valence-corrected chi connectivity index (χ3v) is 2.87. The van der Waals surface area contributed by atoms with Crippen molar-refractivity contribution in [2.75, 3.05) is 6.61 Å². The predicted octanol–water partition coefficient (Wildman–Crippen LogP) is 2.81. The van der Waals surface area contributed by atoms with Gasteiger partial charge in [0.2, 0.25) is 0 Å². The molecule has 2 aromatic rings. The fraction of sp³-hybridized carbons (Fsp3) is 0.286. The Labute approximate surface area is 110 Å². The summed E-state index contributed by atoms with van der Waals surface area (Å²) in [7, 11) is 0. The van der Waals surface area contributed by atoms with Gasteiger partial charge in [0.1, 0.15) is 0 Å². The highest BCUT2D eigenvalue weighted by Gasteiger charge is 2.23. The molecule has 0 aliphatic heterocycles. The molecule has 4 nitrogen and oxygen atoms in total. The Balaban J connectivity index is 2.38. The van der Waals surface area contributed by atoms with Crippen LogP contribution in [0.2, 0.25) is 0 Å². The summed E-state index contributed by atoms with van der Waals surface area (Å²) >= 11 is 0. The largest absolute Gasteiger partial charge is 0.461 e. The molecule has 1 aromatic carbocycles. The number of hydrogen-bond acceptors (Lipinski definition) is 3. The number of hydrogen-bond donors (Lipinski definition) is 0. The van der Waals surface area contributed by atoms with Crippen LogP contribution in [0.1, 0.15) is 35.9 Å². The van der Waals surface area contributed by atoms with Crippen LogP contribution in [0.5, 0.6) is 0 Å². The van der Waals surface area contributed by atoms with E-state index in [9.17, 15) is 9.18 Å². The predicted molar refractivity (Wildman–Crippen MR) is 68.4 cm³/mol. The Bertz CT molecular complexity index is 566. The minimum atomic E-state index is -0.694. The van der Waals surface area contributed by atoms with E-state index in [0.717, 1.165) is 11.8 Å². The van der Waals surface area contributed by atoms with E-state index >= 15 is 0 Å². The van der Waals surface area contributed by atoms with Gasteiger partial charge in [0.25, 0.3) is 0 Å². The fourth-order valence-corrected chi connectivity index (χ4v) is 1.90. The first-order valence-electron chi connectivity index (χ1n) is 6.10. The molecule has 0 aliphatic carbocycles. The number of nitrogens with zero attached hydrogens (tertiary/aromatic N) is 2. The first kappa shape index (κ1) is 13.3. The molecule has 1 heterocycles. The molecule has 0 radical (unpaired) electrons. The Morgan fingerprint density at radius 2 is 2.11 bits per heavy atom. The number of halogens is 1. The average Bonchev–Trinajstić information content (AvgIpc) is 2.81. The molecule has 19 heavy (non-hydrogen) atoms. The minimum Gasteiger partial charge on any atom is -0.461 e. The van der Waals surface area contributed by atoms with Crippen molar-refractivity contribution in [1.82, 2.24) is 9.78 Å². The number of carbonyl (C=O) groups excluding carboxylic acids is 1. The molecule has 0 saturated heterocycles. The Morgan fingerprint density at radius 3 is 2.74 bits per heavy atom. The zero-order valence-electron chi connectivity index (χ0n) is 10.8. The lowest BCUT2D eigenvalue weighted by Crippen LogP contribution is -2.18. The molecule has 0 saturated carbocycles. The monoisotopic (exact) mass is 262 g/mol. The third-order valence-electron chi connectivity index (χ3n) is 2.87. The molecule has 0 spiro atoms. The van der Waals surface area contributed by atoms with Gasteiger partial charge in [-0.1, -0.05) is 30.3 Å². The van der Waals surface area contributed by atoms with Crippen molar-refractivity contribution in [2.45, 2.75) is 19.9 Å². The van der Waals surface area contributed by atoms with Gasteiger partial charge < -0.3 is 4.74 Å². The second-order valence-electron chi connectivity index (χ2n) is 4.09. The van der Waals surface area contributed by atoms with Crippen LogP contribution in [-0.2, 0) is 4.74 Å². The SMILES string of the molecule is CCOC(=O)c1c(F)cnn1C(C)c1ccccc1. The topological polar surface area (TPSA) is 44.1 Å². The highest BCUT2D eigenvalue weighted by molar-refractivity contribution is 5.87. The number of benzene rings is 1. The van der Waals surface area contributed by atoms with Gasteiger partial charge in [-0.25, -0.2) is 13.9 Å². The maximum atomic E-state index is 13.7. The second-order valence-corrected chi connectivity index (χ2v) is 4.09. The summed E-state index contributed by atoms with van der Waals surface area (Å²) in [5.41, 5.74) is 0.800. The summed E-state index contributed by atoms with van der Waals surface area (Å²) in [6.45, 7) is 3.73. The molecular weight excluding hydrogens is 247 g/mol. The lowest BCUT2D eigenvalue weighted by Gasteiger charge is -2.15. The Morgan fingerprint density at radius 1 is 1.42 bits per heavy atom. The second kappa shape index (κ2) is 5.65. The molecule has 0 N–H and O–H groups in total. The van der Waals surface area contributed by atoms with Crippen LogP contribution in [0, 0.1) is 5.82 Å². The van der Waals surface area contributed by atoms with E-state index in [0.29, 0.717) is 0 Å².